The van der Waals surface area contributed by atoms with Crippen molar-refractivity contribution in [3.8, 4) is 0 Å². The lowest BCUT2D eigenvalue weighted by molar-refractivity contribution is 0.620. The molecule has 74 valence electrons. The van der Waals surface area contributed by atoms with Crippen molar-refractivity contribution in [1.82, 2.24) is 9.55 Å². The van der Waals surface area contributed by atoms with Gasteiger partial charge in [0.2, 0.25) is 0 Å². The zero-order valence-corrected chi connectivity index (χ0v) is 9.38. The first-order chi connectivity index (χ1) is 6.72. The molecular weight excluding hydrogens is 247 g/mol. The Bertz CT molecular complexity index is 464. The highest BCUT2D eigenvalue weighted by Gasteiger charge is 2.06. The monoisotopic (exact) mass is 256 g/mol. The number of aromatic nitrogens is 2. The summed E-state index contributed by atoms with van der Waals surface area (Å²) in [5.41, 5.74) is 1.68. The molecule has 4 heteroatoms. The van der Waals surface area contributed by atoms with E-state index in [1.807, 2.05) is 4.57 Å². The first-order valence-corrected chi connectivity index (χ1v) is 5.31. The van der Waals surface area contributed by atoms with Gasteiger partial charge in [-0.1, -0.05) is 6.92 Å². The van der Waals surface area contributed by atoms with Crippen LogP contribution in [0.3, 0.4) is 0 Å². The fourth-order valence-electron chi connectivity index (χ4n) is 1.47. The molecule has 0 aliphatic carbocycles. The second-order valence-electron chi connectivity index (χ2n) is 3.19. The Hall–Kier alpha value is -0.900. The van der Waals surface area contributed by atoms with Crippen LogP contribution in [-0.2, 0) is 6.54 Å². The van der Waals surface area contributed by atoms with Crippen molar-refractivity contribution >= 4 is 27.0 Å². The molecule has 2 aromatic rings. The molecule has 0 aliphatic heterocycles. The predicted octanol–water partition coefficient (Wildman–Crippen LogP) is 3.35. The van der Waals surface area contributed by atoms with E-state index in [0.29, 0.717) is 4.47 Å². The molecule has 1 heterocycles. The van der Waals surface area contributed by atoms with Gasteiger partial charge >= 0.3 is 0 Å². The van der Waals surface area contributed by atoms with E-state index in [1.165, 1.54) is 6.07 Å². The van der Waals surface area contributed by atoms with Crippen LogP contribution < -0.4 is 0 Å². The SMILES string of the molecule is CCCn1cnc2cc(Br)c(F)cc21. The Balaban J connectivity index is 2.61. The molecule has 14 heavy (non-hydrogen) atoms. The number of rotatable bonds is 2. The molecule has 0 saturated heterocycles. The molecule has 1 aromatic carbocycles. The quantitative estimate of drug-likeness (QED) is 0.806. The predicted molar refractivity (Wildman–Crippen MR) is 57.7 cm³/mol. The minimum absolute atomic E-state index is 0.240. The van der Waals surface area contributed by atoms with Crippen LogP contribution in [-0.4, -0.2) is 9.55 Å². The summed E-state index contributed by atoms with van der Waals surface area (Å²) in [6, 6.07) is 3.22. The number of hydrogen-bond acceptors (Lipinski definition) is 1. The third-order valence-corrected chi connectivity index (χ3v) is 2.74. The van der Waals surface area contributed by atoms with Gasteiger partial charge in [0, 0.05) is 12.6 Å². The van der Waals surface area contributed by atoms with Crippen molar-refractivity contribution in [2.24, 2.45) is 0 Å². The molecule has 0 bridgehead atoms. The van der Waals surface area contributed by atoms with Gasteiger partial charge in [-0.2, -0.15) is 0 Å². The van der Waals surface area contributed by atoms with Gasteiger partial charge in [-0.15, -0.1) is 0 Å². The highest BCUT2D eigenvalue weighted by Crippen LogP contribution is 2.22. The number of aryl methyl sites for hydroxylation is 1. The number of imidazole rings is 1. The van der Waals surface area contributed by atoms with E-state index in [2.05, 4.69) is 27.8 Å². The minimum atomic E-state index is -0.240. The van der Waals surface area contributed by atoms with Crippen LogP contribution in [0.25, 0.3) is 11.0 Å². The summed E-state index contributed by atoms with van der Waals surface area (Å²) < 4.78 is 15.7. The van der Waals surface area contributed by atoms with E-state index in [-0.39, 0.29) is 5.82 Å². The fourth-order valence-corrected chi connectivity index (χ4v) is 1.80. The van der Waals surface area contributed by atoms with E-state index in [4.69, 9.17) is 0 Å². The molecular formula is C10H10BrFN2. The van der Waals surface area contributed by atoms with Gasteiger partial charge in [0.15, 0.2) is 0 Å². The summed E-state index contributed by atoms with van der Waals surface area (Å²) in [5.74, 6) is -0.240. The second kappa shape index (κ2) is 3.69. The molecule has 0 radical (unpaired) electrons. The number of nitrogens with zero attached hydrogens (tertiary/aromatic N) is 2. The summed E-state index contributed by atoms with van der Waals surface area (Å²) in [4.78, 5) is 4.21. The van der Waals surface area contributed by atoms with E-state index >= 15 is 0 Å². The van der Waals surface area contributed by atoms with Crippen LogP contribution in [0.2, 0.25) is 0 Å². The van der Waals surface area contributed by atoms with Crippen molar-refractivity contribution in [3.05, 3.63) is 28.7 Å². The van der Waals surface area contributed by atoms with E-state index in [1.54, 1.807) is 12.4 Å². The summed E-state index contributed by atoms with van der Waals surface area (Å²) in [5, 5.41) is 0. The number of fused-ring (bicyclic) bond motifs is 1. The molecule has 0 spiro atoms. The van der Waals surface area contributed by atoms with E-state index in [0.717, 1.165) is 24.0 Å². The zero-order valence-electron chi connectivity index (χ0n) is 7.80. The molecule has 0 aliphatic rings. The highest BCUT2D eigenvalue weighted by molar-refractivity contribution is 9.10. The zero-order chi connectivity index (χ0) is 10.1. The Morgan fingerprint density at radius 3 is 3.00 bits per heavy atom. The first kappa shape index (κ1) is 9.65. The van der Waals surface area contributed by atoms with Gasteiger partial charge in [0.05, 0.1) is 21.8 Å². The Labute approximate surface area is 89.9 Å². The molecule has 2 rings (SSSR count). The minimum Gasteiger partial charge on any atom is -0.331 e. The number of hydrogen-bond donors (Lipinski definition) is 0. The average molecular weight is 257 g/mol. The largest absolute Gasteiger partial charge is 0.331 e. The van der Waals surface area contributed by atoms with Gasteiger partial charge in [-0.25, -0.2) is 9.37 Å². The van der Waals surface area contributed by atoms with Crippen LogP contribution in [0.15, 0.2) is 22.9 Å². The lowest BCUT2D eigenvalue weighted by Gasteiger charge is -2.01. The maximum Gasteiger partial charge on any atom is 0.139 e. The summed E-state index contributed by atoms with van der Waals surface area (Å²) in [7, 11) is 0. The normalized spacial score (nSPS) is 11.1. The molecule has 0 amide bonds. The van der Waals surface area contributed by atoms with Gasteiger partial charge in [-0.05, 0) is 28.4 Å². The standard InChI is InChI=1S/C10H10BrFN2/c1-2-3-14-6-13-9-4-7(11)8(12)5-10(9)14/h4-6H,2-3H2,1H3. The van der Waals surface area contributed by atoms with Crippen molar-refractivity contribution in [2.75, 3.05) is 0 Å². The van der Waals surface area contributed by atoms with Gasteiger partial charge < -0.3 is 4.57 Å². The number of halogens is 2. The molecule has 0 unspecified atom stereocenters. The van der Waals surface area contributed by atoms with Crippen LogP contribution in [0.1, 0.15) is 13.3 Å². The maximum atomic E-state index is 13.3. The summed E-state index contributed by atoms with van der Waals surface area (Å²) in [6.07, 6.45) is 2.77. The highest BCUT2D eigenvalue weighted by atomic mass is 79.9. The molecule has 0 N–H and O–H groups in total. The lowest BCUT2D eigenvalue weighted by atomic mass is 10.3. The molecule has 0 fully saturated rings. The summed E-state index contributed by atoms with van der Waals surface area (Å²) in [6.45, 7) is 2.96. The average Bonchev–Trinajstić information content (AvgIpc) is 2.51. The molecule has 0 atom stereocenters. The molecule has 2 nitrogen and oxygen atoms in total. The topological polar surface area (TPSA) is 17.8 Å². The van der Waals surface area contributed by atoms with Gasteiger partial charge in [0.1, 0.15) is 5.82 Å². The van der Waals surface area contributed by atoms with E-state index < -0.39 is 0 Å². The second-order valence-corrected chi connectivity index (χ2v) is 4.05. The van der Waals surface area contributed by atoms with Crippen molar-refractivity contribution < 1.29 is 4.39 Å². The third-order valence-electron chi connectivity index (χ3n) is 2.13. The van der Waals surface area contributed by atoms with Crippen LogP contribution in [0.5, 0.6) is 0 Å². The van der Waals surface area contributed by atoms with Crippen LogP contribution in [0.4, 0.5) is 4.39 Å². The lowest BCUT2D eigenvalue weighted by Crippen LogP contribution is -1.94. The number of benzene rings is 1. The Morgan fingerprint density at radius 2 is 2.29 bits per heavy atom. The van der Waals surface area contributed by atoms with Crippen molar-refractivity contribution in [3.63, 3.8) is 0 Å². The fraction of sp³-hybridized carbons (Fsp3) is 0.300. The van der Waals surface area contributed by atoms with Crippen LogP contribution in [0, 0.1) is 5.82 Å². The van der Waals surface area contributed by atoms with Crippen molar-refractivity contribution in [1.29, 1.82) is 0 Å². The van der Waals surface area contributed by atoms with Crippen molar-refractivity contribution in [2.45, 2.75) is 19.9 Å². The third kappa shape index (κ3) is 1.54. The maximum absolute atomic E-state index is 13.3. The van der Waals surface area contributed by atoms with E-state index in [9.17, 15) is 4.39 Å². The van der Waals surface area contributed by atoms with Gasteiger partial charge in [-0.3, -0.25) is 0 Å². The van der Waals surface area contributed by atoms with Gasteiger partial charge in [0.25, 0.3) is 0 Å². The van der Waals surface area contributed by atoms with Crippen LogP contribution >= 0.6 is 15.9 Å². The Kier molecular flexibility index (Phi) is 2.54. The smallest absolute Gasteiger partial charge is 0.139 e. The summed E-state index contributed by atoms with van der Waals surface area (Å²) >= 11 is 3.14. The Morgan fingerprint density at radius 1 is 1.50 bits per heavy atom. The first-order valence-electron chi connectivity index (χ1n) is 4.52. The molecule has 0 saturated carbocycles. The molecule has 1 aromatic heterocycles.